The topological polar surface area (TPSA) is 69.4 Å². The van der Waals surface area contributed by atoms with Crippen molar-refractivity contribution >= 4 is 21.6 Å². The Morgan fingerprint density at radius 1 is 1.15 bits per heavy atom. The zero-order chi connectivity index (χ0) is 14.9. The Labute approximate surface area is 121 Å². The maximum absolute atomic E-state index is 13.0. The summed E-state index contributed by atoms with van der Waals surface area (Å²) in [6, 6.07) is 7.93. The first-order valence-electron chi connectivity index (χ1n) is 5.54. The number of rotatable bonds is 3. The first-order valence-corrected chi connectivity index (χ1v) is 7.46. The van der Waals surface area contributed by atoms with E-state index in [1.807, 2.05) is 0 Å². The average molecular weight is 316 g/mol. The van der Waals surface area contributed by atoms with Crippen molar-refractivity contribution in [2.24, 2.45) is 5.14 Å². The van der Waals surface area contributed by atoms with Crippen LogP contribution in [0.3, 0.4) is 0 Å². The number of aryl methyl sites for hydroxylation is 1. The molecule has 2 rings (SSSR count). The lowest BCUT2D eigenvalue weighted by atomic mass is 10.2. The normalized spacial score (nSPS) is 11.4. The highest BCUT2D eigenvalue weighted by Crippen LogP contribution is 2.32. The first kappa shape index (κ1) is 14.8. The number of halogens is 2. The van der Waals surface area contributed by atoms with E-state index in [0.717, 1.165) is 0 Å². The third-order valence-electron chi connectivity index (χ3n) is 2.59. The molecular formula is C13H11ClFNO3S. The Balaban J connectivity index is 2.35. The van der Waals surface area contributed by atoms with Gasteiger partial charge in [0.25, 0.3) is 0 Å². The lowest BCUT2D eigenvalue weighted by molar-refractivity contribution is 0.476. The summed E-state index contributed by atoms with van der Waals surface area (Å²) in [5, 5.41) is 5.10. The molecule has 0 atom stereocenters. The van der Waals surface area contributed by atoms with Gasteiger partial charge in [-0.2, -0.15) is 0 Å². The number of hydrogen-bond acceptors (Lipinski definition) is 3. The minimum atomic E-state index is -3.82. The van der Waals surface area contributed by atoms with E-state index in [9.17, 15) is 12.8 Å². The summed E-state index contributed by atoms with van der Waals surface area (Å²) in [4.78, 5) is -0.106. The summed E-state index contributed by atoms with van der Waals surface area (Å²) in [5.41, 5.74) is 0.594. The van der Waals surface area contributed by atoms with Crippen LogP contribution in [0.1, 0.15) is 5.56 Å². The minimum Gasteiger partial charge on any atom is -0.456 e. The molecule has 0 fully saturated rings. The van der Waals surface area contributed by atoms with Crippen LogP contribution in [0.25, 0.3) is 0 Å². The second-order valence-corrected chi connectivity index (χ2v) is 6.12. The van der Waals surface area contributed by atoms with E-state index in [0.29, 0.717) is 11.3 Å². The van der Waals surface area contributed by atoms with Gasteiger partial charge in [-0.1, -0.05) is 11.6 Å². The van der Waals surface area contributed by atoms with E-state index >= 15 is 0 Å². The van der Waals surface area contributed by atoms with Crippen molar-refractivity contribution in [2.45, 2.75) is 11.8 Å². The van der Waals surface area contributed by atoms with Gasteiger partial charge in [-0.05, 0) is 48.9 Å². The zero-order valence-electron chi connectivity index (χ0n) is 10.4. The summed E-state index contributed by atoms with van der Waals surface area (Å²) >= 11 is 5.95. The van der Waals surface area contributed by atoms with Gasteiger partial charge in [0.1, 0.15) is 17.3 Å². The molecule has 0 aliphatic rings. The summed E-state index contributed by atoms with van der Waals surface area (Å²) in [6.07, 6.45) is 0. The SMILES string of the molecule is Cc1cc(F)ccc1Oc1ccc(S(N)(=O)=O)cc1Cl. The quantitative estimate of drug-likeness (QED) is 0.945. The van der Waals surface area contributed by atoms with E-state index < -0.39 is 10.0 Å². The molecule has 0 amide bonds. The van der Waals surface area contributed by atoms with Crippen molar-refractivity contribution < 1.29 is 17.5 Å². The van der Waals surface area contributed by atoms with E-state index in [4.69, 9.17) is 21.5 Å². The Morgan fingerprint density at radius 3 is 2.35 bits per heavy atom. The molecule has 0 heterocycles. The Morgan fingerprint density at radius 2 is 1.80 bits per heavy atom. The maximum atomic E-state index is 13.0. The van der Waals surface area contributed by atoms with E-state index in [1.54, 1.807) is 6.92 Å². The smallest absolute Gasteiger partial charge is 0.238 e. The molecule has 2 N–H and O–H groups in total. The van der Waals surface area contributed by atoms with E-state index in [2.05, 4.69) is 0 Å². The number of nitrogens with two attached hydrogens (primary N) is 1. The van der Waals surface area contributed by atoms with Crippen LogP contribution in [0.2, 0.25) is 5.02 Å². The first-order chi connectivity index (χ1) is 9.27. The van der Waals surface area contributed by atoms with Crippen molar-refractivity contribution in [3.63, 3.8) is 0 Å². The maximum Gasteiger partial charge on any atom is 0.238 e. The minimum absolute atomic E-state index is 0.0975. The van der Waals surface area contributed by atoms with Gasteiger partial charge in [0, 0.05) is 0 Å². The Kier molecular flexibility index (Phi) is 3.99. The van der Waals surface area contributed by atoms with Crippen molar-refractivity contribution in [2.75, 3.05) is 0 Å². The number of primary sulfonamides is 1. The highest BCUT2D eigenvalue weighted by molar-refractivity contribution is 7.89. The second-order valence-electron chi connectivity index (χ2n) is 4.15. The van der Waals surface area contributed by atoms with Crippen LogP contribution in [-0.4, -0.2) is 8.42 Å². The predicted molar refractivity (Wildman–Crippen MR) is 74.0 cm³/mol. The molecule has 0 aromatic heterocycles. The van der Waals surface area contributed by atoms with E-state index in [1.165, 1.54) is 36.4 Å². The fraction of sp³-hybridized carbons (Fsp3) is 0.0769. The largest absolute Gasteiger partial charge is 0.456 e. The van der Waals surface area contributed by atoms with Crippen LogP contribution < -0.4 is 9.88 Å². The van der Waals surface area contributed by atoms with Gasteiger partial charge >= 0.3 is 0 Å². The second kappa shape index (κ2) is 5.40. The predicted octanol–water partition coefficient (Wildman–Crippen LogP) is 3.23. The monoisotopic (exact) mass is 315 g/mol. The van der Waals surface area contributed by atoms with Crippen LogP contribution >= 0.6 is 11.6 Å². The summed E-state index contributed by atoms with van der Waals surface area (Å²) in [6.45, 7) is 1.69. The summed E-state index contributed by atoms with van der Waals surface area (Å²) in [5.74, 6) is 0.316. The molecule has 0 unspecified atom stereocenters. The number of ether oxygens (including phenoxy) is 1. The van der Waals surface area contributed by atoms with Gasteiger partial charge in [0.15, 0.2) is 0 Å². The molecule has 106 valence electrons. The van der Waals surface area contributed by atoms with Gasteiger partial charge in [0.2, 0.25) is 10.0 Å². The van der Waals surface area contributed by atoms with Gasteiger partial charge in [-0.3, -0.25) is 0 Å². The standard InChI is InChI=1S/C13H11ClFNO3S/c1-8-6-9(15)2-4-12(8)19-13-5-3-10(7-11(13)14)20(16,17)18/h2-7H,1H3,(H2,16,17,18). The zero-order valence-corrected chi connectivity index (χ0v) is 12.0. The molecule has 0 aliphatic carbocycles. The molecular weight excluding hydrogens is 305 g/mol. The molecule has 2 aromatic rings. The van der Waals surface area contributed by atoms with Crippen molar-refractivity contribution in [3.05, 3.63) is 52.8 Å². The Hall–Kier alpha value is -1.63. The molecule has 0 bridgehead atoms. The fourth-order valence-corrected chi connectivity index (χ4v) is 2.41. The van der Waals surface area contributed by atoms with Crippen LogP contribution in [0.15, 0.2) is 41.3 Å². The number of benzene rings is 2. The average Bonchev–Trinajstić information content (AvgIpc) is 2.33. The van der Waals surface area contributed by atoms with Gasteiger partial charge in [-0.15, -0.1) is 0 Å². The molecule has 0 radical (unpaired) electrons. The third-order valence-corrected chi connectivity index (χ3v) is 3.80. The lowest BCUT2D eigenvalue weighted by Gasteiger charge is -2.10. The Bertz CT molecular complexity index is 762. The lowest BCUT2D eigenvalue weighted by Crippen LogP contribution is -2.11. The molecule has 4 nitrogen and oxygen atoms in total. The van der Waals surface area contributed by atoms with Crippen molar-refractivity contribution in [1.82, 2.24) is 0 Å². The molecule has 0 saturated carbocycles. The summed E-state index contributed by atoms with van der Waals surface area (Å²) in [7, 11) is -3.82. The van der Waals surface area contributed by atoms with Gasteiger partial charge in [-0.25, -0.2) is 17.9 Å². The molecule has 7 heteroatoms. The summed E-state index contributed by atoms with van der Waals surface area (Å²) < 4.78 is 40.9. The van der Waals surface area contributed by atoms with Gasteiger partial charge in [0.05, 0.1) is 9.92 Å². The molecule has 0 aliphatic heterocycles. The number of hydrogen-bond donors (Lipinski definition) is 1. The van der Waals surface area contributed by atoms with Crippen LogP contribution in [-0.2, 0) is 10.0 Å². The van der Waals surface area contributed by atoms with Crippen molar-refractivity contribution in [3.8, 4) is 11.5 Å². The highest BCUT2D eigenvalue weighted by atomic mass is 35.5. The van der Waals surface area contributed by atoms with Crippen LogP contribution in [0, 0.1) is 12.7 Å². The van der Waals surface area contributed by atoms with Gasteiger partial charge < -0.3 is 4.74 Å². The highest BCUT2D eigenvalue weighted by Gasteiger charge is 2.12. The molecule has 20 heavy (non-hydrogen) atoms. The van der Waals surface area contributed by atoms with Crippen molar-refractivity contribution in [1.29, 1.82) is 0 Å². The molecule has 0 saturated heterocycles. The van der Waals surface area contributed by atoms with E-state index in [-0.39, 0.29) is 21.5 Å². The fourth-order valence-electron chi connectivity index (χ4n) is 1.59. The molecule has 0 spiro atoms. The third kappa shape index (κ3) is 3.27. The van der Waals surface area contributed by atoms with Crippen LogP contribution in [0.5, 0.6) is 11.5 Å². The van der Waals surface area contributed by atoms with Crippen LogP contribution in [0.4, 0.5) is 4.39 Å². The number of sulfonamides is 1. The molecule has 2 aromatic carbocycles.